The molecule has 0 unspecified atom stereocenters. The molecule has 1 aliphatic rings. The van der Waals surface area contributed by atoms with Gasteiger partial charge in [-0.1, -0.05) is 0 Å². The zero-order chi connectivity index (χ0) is 11.9. The minimum absolute atomic E-state index is 0.334. The van der Waals surface area contributed by atoms with E-state index >= 15 is 0 Å². The van der Waals surface area contributed by atoms with Crippen LogP contribution in [0.1, 0.15) is 36.0 Å². The molecule has 1 aromatic rings. The number of nitrogens with two attached hydrogens (primary N) is 1. The molecule has 0 aliphatic heterocycles. The minimum atomic E-state index is -0.351. The van der Waals surface area contributed by atoms with E-state index in [-0.39, 0.29) is 5.54 Å². The lowest BCUT2D eigenvalue weighted by atomic mass is 9.71. The SMILES string of the molecule is COc1cc(C2(N)CCC2)c(O)c(C)c1C. The van der Waals surface area contributed by atoms with Crippen LogP contribution >= 0.6 is 0 Å². The molecular weight excluding hydrogens is 202 g/mol. The summed E-state index contributed by atoms with van der Waals surface area (Å²) in [6.07, 6.45) is 3.00. The van der Waals surface area contributed by atoms with Gasteiger partial charge in [-0.2, -0.15) is 0 Å². The normalized spacial score (nSPS) is 18.0. The van der Waals surface area contributed by atoms with Gasteiger partial charge in [0, 0.05) is 11.1 Å². The van der Waals surface area contributed by atoms with E-state index in [1.54, 1.807) is 7.11 Å². The Bertz CT molecular complexity index is 422. The fourth-order valence-corrected chi connectivity index (χ4v) is 2.29. The summed E-state index contributed by atoms with van der Waals surface area (Å²) in [4.78, 5) is 0. The quantitative estimate of drug-likeness (QED) is 0.806. The van der Waals surface area contributed by atoms with Crippen LogP contribution in [0.4, 0.5) is 0 Å². The van der Waals surface area contributed by atoms with Gasteiger partial charge >= 0.3 is 0 Å². The first kappa shape index (κ1) is 11.3. The van der Waals surface area contributed by atoms with Crippen molar-refractivity contribution >= 4 is 0 Å². The number of benzene rings is 1. The number of aromatic hydroxyl groups is 1. The van der Waals surface area contributed by atoms with Crippen molar-refractivity contribution in [3.05, 3.63) is 22.8 Å². The van der Waals surface area contributed by atoms with Crippen LogP contribution in [-0.4, -0.2) is 12.2 Å². The molecule has 0 amide bonds. The van der Waals surface area contributed by atoms with Crippen molar-refractivity contribution in [3.8, 4) is 11.5 Å². The fraction of sp³-hybridized carbons (Fsp3) is 0.538. The van der Waals surface area contributed by atoms with Crippen molar-refractivity contribution in [1.29, 1.82) is 0 Å². The van der Waals surface area contributed by atoms with Crippen molar-refractivity contribution in [1.82, 2.24) is 0 Å². The van der Waals surface area contributed by atoms with Crippen LogP contribution in [0.3, 0.4) is 0 Å². The third-order valence-electron chi connectivity index (χ3n) is 3.82. The zero-order valence-corrected chi connectivity index (χ0v) is 10.1. The van der Waals surface area contributed by atoms with E-state index < -0.39 is 0 Å². The molecule has 0 bridgehead atoms. The first-order chi connectivity index (χ1) is 7.49. The lowest BCUT2D eigenvalue weighted by molar-refractivity contribution is 0.244. The zero-order valence-electron chi connectivity index (χ0n) is 10.1. The topological polar surface area (TPSA) is 55.5 Å². The van der Waals surface area contributed by atoms with Gasteiger partial charge in [-0.15, -0.1) is 0 Å². The summed E-state index contributed by atoms with van der Waals surface area (Å²) >= 11 is 0. The fourth-order valence-electron chi connectivity index (χ4n) is 2.29. The first-order valence-electron chi connectivity index (χ1n) is 5.66. The van der Waals surface area contributed by atoms with Gasteiger partial charge in [-0.05, 0) is 50.3 Å². The van der Waals surface area contributed by atoms with E-state index in [4.69, 9.17) is 10.5 Å². The summed E-state index contributed by atoms with van der Waals surface area (Å²) in [5.41, 5.74) is 8.58. The third kappa shape index (κ3) is 1.47. The minimum Gasteiger partial charge on any atom is -0.507 e. The van der Waals surface area contributed by atoms with Gasteiger partial charge in [-0.3, -0.25) is 0 Å². The van der Waals surface area contributed by atoms with Gasteiger partial charge in [-0.25, -0.2) is 0 Å². The van der Waals surface area contributed by atoms with Crippen LogP contribution in [0, 0.1) is 13.8 Å². The lowest BCUT2D eigenvalue weighted by Crippen LogP contribution is -2.43. The standard InChI is InChI=1S/C13H19NO2/c1-8-9(2)12(15)10(7-11(8)16-3)13(14)5-4-6-13/h7,15H,4-6,14H2,1-3H3. The lowest BCUT2D eigenvalue weighted by Gasteiger charge is -2.39. The number of methoxy groups -OCH3 is 1. The molecule has 1 aromatic carbocycles. The van der Waals surface area contributed by atoms with Crippen LogP contribution in [0.5, 0.6) is 11.5 Å². The largest absolute Gasteiger partial charge is 0.507 e. The van der Waals surface area contributed by atoms with E-state index in [1.165, 1.54) is 0 Å². The van der Waals surface area contributed by atoms with Crippen LogP contribution in [-0.2, 0) is 5.54 Å². The van der Waals surface area contributed by atoms with Gasteiger partial charge < -0.3 is 15.6 Å². The monoisotopic (exact) mass is 221 g/mol. The summed E-state index contributed by atoms with van der Waals surface area (Å²) in [5, 5.41) is 10.2. The maximum Gasteiger partial charge on any atom is 0.124 e. The molecule has 1 aliphatic carbocycles. The number of hydrogen-bond acceptors (Lipinski definition) is 3. The van der Waals surface area contributed by atoms with Crippen molar-refractivity contribution in [2.75, 3.05) is 7.11 Å². The third-order valence-corrected chi connectivity index (χ3v) is 3.82. The van der Waals surface area contributed by atoms with Gasteiger partial charge in [0.05, 0.1) is 7.11 Å². The molecule has 88 valence electrons. The summed E-state index contributed by atoms with van der Waals surface area (Å²) in [7, 11) is 1.65. The molecular formula is C13H19NO2. The van der Waals surface area contributed by atoms with E-state index in [0.29, 0.717) is 5.75 Å². The second kappa shape index (κ2) is 3.67. The first-order valence-corrected chi connectivity index (χ1v) is 5.66. The second-order valence-electron chi connectivity index (χ2n) is 4.73. The van der Waals surface area contributed by atoms with Crippen LogP contribution in [0.2, 0.25) is 0 Å². The van der Waals surface area contributed by atoms with Crippen molar-refractivity contribution in [3.63, 3.8) is 0 Å². The summed E-state index contributed by atoms with van der Waals surface area (Å²) < 4.78 is 5.32. The molecule has 1 fully saturated rings. The predicted molar refractivity (Wildman–Crippen MR) is 63.8 cm³/mol. The maximum absolute atomic E-state index is 10.2. The van der Waals surface area contributed by atoms with Gasteiger partial charge in [0.2, 0.25) is 0 Å². The highest BCUT2D eigenvalue weighted by Crippen LogP contribution is 2.46. The number of phenolic OH excluding ortho intramolecular Hbond substituents is 1. The molecule has 0 atom stereocenters. The molecule has 3 N–H and O–H groups in total. The predicted octanol–water partition coefficient (Wildman–Crippen LogP) is 2.36. The molecule has 1 saturated carbocycles. The van der Waals surface area contributed by atoms with Crippen LogP contribution in [0.15, 0.2) is 6.07 Å². The molecule has 0 saturated heterocycles. The van der Waals surface area contributed by atoms with Gasteiger partial charge in [0.15, 0.2) is 0 Å². The van der Waals surface area contributed by atoms with E-state index in [0.717, 1.165) is 41.7 Å². The molecule has 0 radical (unpaired) electrons. The number of ether oxygens (including phenoxy) is 1. The Hall–Kier alpha value is -1.22. The molecule has 3 nitrogen and oxygen atoms in total. The maximum atomic E-state index is 10.2. The van der Waals surface area contributed by atoms with E-state index in [2.05, 4.69) is 0 Å². The van der Waals surface area contributed by atoms with E-state index in [9.17, 15) is 5.11 Å². The average Bonchev–Trinajstić information content (AvgIpc) is 2.23. The molecule has 0 heterocycles. The molecule has 0 aromatic heterocycles. The molecule has 3 heteroatoms. The Balaban J connectivity index is 2.57. The Morgan fingerprint density at radius 2 is 1.94 bits per heavy atom. The summed E-state index contributed by atoms with van der Waals surface area (Å²) in [6.45, 7) is 3.85. The highest BCUT2D eigenvalue weighted by Gasteiger charge is 2.37. The average molecular weight is 221 g/mol. The highest BCUT2D eigenvalue weighted by molar-refractivity contribution is 5.54. The van der Waals surface area contributed by atoms with Crippen LogP contribution < -0.4 is 10.5 Å². The smallest absolute Gasteiger partial charge is 0.124 e. The Kier molecular flexibility index (Phi) is 2.58. The highest BCUT2D eigenvalue weighted by atomic mass is 16.5. The molecule has 2 rings (SSSR count). The summed E-state index contributed by atoms with van der Waals surface area (Å²) in [6, 6.07) is 1.89. The second-order valence-corrected chi connectivity index (χ2v) is 4.73. The van der Waals surface area contributed by atoms with Crippen molar-refractivity contribution in [2.45, 2.75) is 38.6 Å². The molecule has 0 spiro atoms. The van der Waals surface area contributed by atoms with Gasteiger partial charge in [0.25, 0.3) is 0 Å². The van der Waals surface area contributed by atoms with Crippen molar-refractivity contribution in [2.24, 2.45) is 5.73 Å². The molecule has 16 heavy (non-hydrogen) atoms. The Morgan fingerprint density at radius 3 is 2.38 bits per heavy atom. The van der Waals surface area contributed by atoms with Crippen LogP contribution in [0.25, 0.3) is 0 Å². The number of hydrogen-bond donors (Lipinski definition) is 2. The number of rotatable bonds is 2. The van der Waals surface area contributed by atoms with Gasteiger partial charge in [0.1, 0.15) is 11.5 Å². The van der Waals surface area contributed by atoms with Crippen molar-refractivity contribution < 1.29 is 9.84 Å². The summed E-state index contributed by atoms with van der Waals surface area (Å²) in [5.74, 6) is 1.14. The number of phenols is 1. The Morgan fingerprint density at radius 1 is 1.31 bits per heavy atom. The van der Waals surface area contributed by atoms with E-state index in [1.807, 2.05) is 19.9 Å². The Labute approximate surface area is 96.2 Å².